The Balaban J connectivity index is 1.99. The number of benzene rings is 1. The summed E-state index contributed by atoms with van der Waals surface area (Å²) in [4.78, 5) is 4.34. The van der Waals surface area contributed by atoms with E-state index in [-0.39, 0.29) is 5.82 Å². The zero-order chi connectivity index (χ0) is 16.6. The Morgan fingerprint density at radius 3 is 2.78 bits per heavy atom. The maximum absolute atomic E-state index is 13.9. The summed E-state index contributed by atoms with van der Waals surface area (Å²) in [6.45, 7) is 3.93. The normalized spacial score (nSPS) is 11.3. The van der Waals surface area contributed by atoms with Crippen molar-refractivity contribution in [2.75, 3.05) is 5.73 Å². The molecule has 0 saturated carbocycles. The van der Waals surface area contributed by atoms with Gasteiger partial charge in [0.1, 0.15) is 5.82 Å². The Labute approximate surface area is 142 Å². The minimum Gasteiger partial charge on any atom is -0.369 e. The van der Waals surface area contributed by atoms with Crippen LogP contribution in [0, 0.1) is 12.7 Å². The summed E-state index contributed by atoms with van der Waals surface area (Å²) in [5.74, 6) is 0.318. The van der Waals surface area contributed by atoms with E-state index in [2.05, 4.69) is 15.2 Å². The quantitative estimate of drug-likeness (QED) is 0.726. The average molecular weight is 352 g/mol. The molecular weight excluding hydrogens is 337 g/mol. The highest BCUT2D eigenvalue weighted by Gasteiger charge is 2.16. The number of aryl methyl sites for hydroxylation is 2. The van der Waals surface area contributed by atoms with Gasteiger partial charge in [-0.05, 0) is 25.5 Å². The van der Waals surface area contributed by atoms with Crippen LogP contribution in [0.15, 0.2) is 23.4 Å². The van der Waals surface area contributed by atoms with Crippen LogP contribution in [0.25, 0.3) is 5.65 Å². The lowest BCUT2D eigenvalue weighted by atomic mass is 10.2. The fourth-order valence-electron chi connectivity index (χ4n) is 2.44. The van der Waals surface area contributed by atoms with Crippen LogP contribution in [0.4, 0.5) is 10.3 Å². The molecule has 3 rings (SSSR count). The molecule has 2 N–H and O–H groups in total. The van der Waals surface area contributed by atoms with E-state index in [4.69, 9.17) is 17.3 Å². The molecule has 0 saturated heterocycles. The van der Waals surface area contributed by atoms with Crippen molar-refractivity contribution in [2.45, 2.75) is 31.2 Å². The van der Waals surface area contributed by atoms with Gasteiger partial charge in [-0.3, -0.25) is 0 Å². The van der Waals surface area contributed by atoms with Crippen molar-refractivity contribution < 1.29 is 4.39 Å². The molecule has 0 amide bonds. The predicted molar refractivity (Wildman–Crippen MR) is 90.3 cm³/mol. The SMILES string of the molecule is CCc1c(C)nc(N)n2c(SCc3c(F)cccc3Cl)nnc12. The maximum Gasteiger partial charge on any atom is 0.208 e. The molecule has 0 fully saturated rings. The largest absolute Gasteiger partial charge is 0.369 e. The first kappa shape index (κ1) is 16.0. The highest BCUT2D eigenvalue weighted by atomic mass is 35.5. The first-order valence-corrected chi connectivity index (χ1v) is 8.45. The minimum absolute atomic E-state index is 0.321. The summed E-state index contributed by atoms with van der Waals surface area (Å²) in [6, 6.07) is 4.63. The molecule has 0 unspecified atom stereocenters. The van der Waals surface area contributed by atoms with Gasteiger partial charge < -0.3 is 5.73 Å². The summed E-state index contributed by atoms with van der Waals surface area (Å²) < 4.78 is 15.6. The molecule has 0 aliphatic rings. The molecular formula is C15H15ClFN5S. The second-order valence-corrected chi connectivity index (χ2v) is 6.37. The predicted octanol–water partition coefficient (Wildman–Crippen LogP) is 3.66. The monoisotopic (exact) mass is 351 g/mol. The number of fused-ring (bicyclic) bond motifs is 1. The first-order chi connectivity index (χ1) is 11.0. The molecule has 2 heterocycles. The summed E-state index contributed by atoms with van der Waals surface area (Å²) in [6.07, 6.45) is 0.782. The van der Waals surface area contributed by atoms with Gasteiger partial charge in [0.05, 0.1) is 0 Å². The summed E-state index contributed by atoms with van der Waals surface area (Å²) in [5.41, 5.74) is 8.99. The molecule has 0 atom stereocenters. The number of nitrogen functional groups attached to an aromatic ring is 1. The van der Waals surface area contributed by atoms with Crippen molar-refractivity contribution in [3.05, 3.63) is 45.9 Å². The number of rotatable bonds is 4. The Morgan fingerprint density at radius 2 is 2.09 bits per heavy atom. The topological polar surface area (TPSA) is 69.1 Å². The van der Waals surface area contributed by atoms with E-state index < -0.39 is 0 Å². The maximum atomic E-state index is 13.9. The molecule has 0 radical (unpaired) electrons. The van der Waals surface area contributed by atoms with Gasteiger partial charge >= 0.3 is 0 Å². The lowest BCUT2D eigenvalue weighted by molar-refractivity contribution is 0.617. The van der Waals surface area contributed by atoms with Crippen molar-refractivity contribution in [3.63, 3.8) is 0 Å². The number of hydrogen-bond donors (Lipinski definition) is 1. The van der Waals surface area contributed by atoms with Crippen LogP contribution in [0.3, 0.4) is 0 Å². The lowest BCUT2D eigenvalue weighted by Crippen LogP contribution is -2.06. The molecule has 0 bridgehead atoms. The number of aromatic nitrogens is 4. The van der Waals surface area contributed by atoms with Gasteiger partial charge in [0.25, 0.3) is 0 Å². The Morgan fingerprint density at radius 1 is 1.30 bits per heavy atom. The zero-order valence-electron chi connectivity index (χ0n) is 12.7. The van der Waals surface area contributed by atoms with Gasteiger partial charge in [-0.1, -0.05) is 36.4 Å². The van der Waals surface area contributed by atoms with Gasteiger partial charge in [0.15, 0.2) is 10.8 Å². The highest BCUT2D eigenvalue weighted by Crippen LogP contribution is 2.29. The van der Waals surface area contributed by atoms with E-state index in [1.54, 1.807) is 16.5 Å². The standard InChI is InChI=1S/C15H15ClFN5S/c1-3-9-8(2)19-14(18)22-13(9)20-21-15(22)23-7-10-11(16)5-4-6-12(10)17/h4-6H,3,7H2,1-2H3,(H2,18,19). The Kier molecular flexibility index (Phi) is 4.41. The number of hydrogen-bond acceptors (Lipinski definition) is 5. The fourth-order valence-corrected chi connectivity index (χ4v) is 3.72. The summed E-state index contributed by atoms with van der Waals surface area (Å²) >= 11 is 7.38. The second-order valence-electron chi connectivity index (χ2n) is 5.02. The van der Waals surface area contributed by atoms with Gasteiger partial charge in [0, 0.05) is 27.6 Å². The van der Waals surface area contributed by atoms with Crippen LogP contribution in [-0.2, 0) is 12.2 Å². The molecule has 8 heteroatoms. The van der Waals surface area contributed by atoms with Crippen molar-refractivity contribution in [1.29, 1.82) is 0 Å². The van der Waals surface area contributed by atoms with E-state index in [9.17, 15) is 4.39 Å². The van der Waals surface area contributed by atoms with Crippen LogP contribution in [0.1, 0.15) is 23.7 Å². The number of nitrogens with zero attached hydrogens (tertiary/aromatic N) is 4. The van der Waals surface area contributed by atoms with E-state index in [0.717, 1.165) is 17.7 Å². The fraction of sp³-hybridized carbons (Fsp3) is 0.267. The molecule has 0 aliphatic heterocycles. The van der Waals surface area contributed by atoms with Gasteiger partial charge in [-0.2, -0.15) is 0 Å². The van der Waals surface area contributed by atoms with Crippen LogP contribution < -0.4 is 5.73 Å². The van der Waals surface area contributed by atoms with Crippen molar-refractivity contribution in [2.24, 2.45) is 0 Å². The third-order valence-electron chi connectivity index (χ3n) is 3.61. The third kappa shape index (κ3) is 2.86. The van der Waals surface area contributed by atoms with E-state index in [1.807, 2.05) is 13.8 Å². The van der Waals surface area contributed by atoms with E-state index in [1.165, 1.54) is 17.8 Å². The van der Waals surface area contributed by atoms with Gasteiger partial charge in [-0.15, -0.1) is 10.2 Å². The van der Waals surface area contributed by atoms with E-state index in [0.29, 0.717) is 33.1 Å². The van der Waals surface area contributed by atoms with Crippen LogP contribution >= 0.6 is 23.4 Å². The minimum atomic E-state index is -0.338. The molecule has 0 aliphatic carbocycles. The van der Waals surface area contributed by atoms with Crippen LogP contribution in [0.5, 0.6) is 0 Å². The molecule has 0 spiro atoms. The Hall–Kier alpha value is -1.86. The summed E-state index contributed by atoms with van der Waals surface area (Å²) in [7, 11) is 0. The molecule has 120 valence electrons. The van der Waals surface area contributed by atoms with Crippen LogP contribution in [0.2, 0.25) is 5.02 Å². The van der Waals surface area contributed by atoms with Crippen molar-refractivity contribution in [1.82, 2.24) is 19.6 Å². The van der Waals surface area contributed by atoms with Crippen molar-refractivity contribution in [3.8, 4) is 0 Å². The smallest absolute Gasteiger partial charge is 0.208 e. The lowest BCUT2D eigenvalue weighted by Gasteiger charge is -2.08. The van der Waals surface area contributed by atoms with Crippen LogP contribution in [-0.4, -0.2) is 19.6 Å². The second kappa shape index (κ2) is 6.33. The number of thioether (sulfide) groups is 1. The number of halogens is 2. The van der Waals surface area contributed by atoms with Gasteiger partial charge in [-0.25, -0.2) is 13.8 Å². The molecule has 1 aromatic carbocycles. The van der Waals surface area contributed by atoms with Crippen molar-refractivity contribution >= 4 is 35.0 Å². The average Bonchev–Trinajstić information content (AvgIpc) is 2.91. The Bertz CT molecular complexity index is 860. The molecule has 3 aromatic rings. The first-order valence-electron chi connectivity index (χ1n) is 7.08. The molecule has 23 heavy (non-hydrogen) atoms. The van der Waals surface area contributed by atoms with Gasteiger partial charge in [0.2, 0.25) is 5.95 Å². The zero-order valence-corrected chi connectivity index (χ0v) is 14.2. The summed E-state index contributed by atoms with van der Waals surface area (Å²) in [5, 5.41) is 9.34. The number of nitrogens with two attached hydrogens (primary N) is 1. The highest BCUT2D eigenvalue weighted by molar-refractivity contribution is 7.98. The van der Waals surface area contributed by atoms with E-state index >= 15 is 0 Å². The third-order valence-corrected chi connectivity index (χ3v) is 4.92. The number of anilines is 1. The molecule has 2 aromatic heterocycles. The molecule has 5 nitrogen and oxygen atoms in total.